The van der Waals surface area contributed by atoms with Gasteiger partial charge in [0.05, 0.1) is 10.6 Å². The molecule has 0 saturated heterocycles. The van der Waals surface area contributed by atoms with Crippen molar-refractivity contribution < 1.29 is 9.72 Å². The van der Waals surface area contributed by atoms with E-state index in [1.165, 1.54) is 12.1 Å². The van der Waals surface area contributed by atoms with Crippen LogP contribution in [0, 0.1) is 17.0 Å². The molecule has 142 valence electrons. The number of anilines is 1. The van der Waals surface area contributed by atoms with Crippen molar-refractivity contribution in [3.63, 3.8) is 0 Å². The summed E-state index contributed by atoms with van der Waals surface area (Å²) in [5.74, 6) is 0.304. The molecule has 6 heteroatoms. The summed E-state index contributed by atoms with van der Waals surface area (Å²) in [6, 6.07) is 23.2. The summed E-state index contributed by atoms with van der Waals surface area (Å²) in [6.45, 7) is 1.99. The number of nitro benzene ring substituents is 1. The fourth-order valence-corrected chi connectivity index (χ4v) is 3.08. The topological polar surface area (TPSA) is 75.8 Å². The zero-order valence-electron chi connectivity index (χ0n) is 15.6. The largest absolute Gasteiger partial charge is 0.282 e. The number of nitro groups is 1. The van der Waals surface area contributed by atoms with Crippen molar-refractivity contribution in [1.29, 1.82) is 0 Å². The highest BCUT2D eigenvalue weighted by Crippen LogP contribution is 2.28. The van der Waals surface area contributed by atoms with Crippen LogP contribution in [0.5, 0.6) is 0 Å². The van der Waals surface area contributed by atoms with Crippen molar-refractivity contribution in [3.05, 3.63) is 111 Å². The Morgan fingerprint density at radius 2 is 1.59 bits per heavy atom. The van der Waals surface area contributed by atoms with Gasteiger partial charge in [-0.3, -0.25) is 19.8 Å². The summed E-state index contributed by atoms with van der Waals surface area (Å²) in [6.07, 6.45) is 1.64. The van der Waals surface area contributed by atoms with E-state index in [4.69, 9.17) is 0 Å². The number of carbonyl (C=O) groups is 1. The summed E-state index contributed by atoms with van der Waals surface area (Å²) in [5, 5.41) is 10.8. The number of non-ortho nitro benzene ring substituents is 1. The lowest BCUT2D eigenvalue weighted by Gasteiger charge is -2.18. The molecule has 0 N–H and O–H groups in total. The number of nitrogens with zero attached hydrogens (tertiary/aromatic N) is 3. The van der Waals surface area contributed by atoms with Gasteiger partial charge in [0.1, 0.15) is 11.5 Å². The molecule has 4 rings (SSSR count). The highest BCUT2D eigenvalue weighted by molar-refractivity contribution is 6.33. The van der Waals surface area contributed by atoms with Gasteiger partial charge in [0.2, 0.25) is 0 Å². The minimum absolute atomic E-state index is 0.000318. The number of hydrogen-bond acceptors (Lipinski definition) is 4. The zero-order chi connectivity index (χ0) is 20.4. The summed E-state index contributed by atoms with van der Waals surface area (Å²) >= 11 is 0. The molecule has 0 radical (unpaired) electrons. The van der Waals surface area contributed by atoms with E-state index in [9.17, 15) is 14.9 Å². The van der Waals surface area contributed by atoms with Crippen molar-refractivity contribution >= 4 is 29.2 Å². The van der Waals surface area contributed by atoms with Gasteiger partial charge >= 0.3 is 0 Å². The number of hydrogen-bond donors (Lipinski definition) is 0. The average Bonchev–Trinajstić information content (AvgIpc) is 3.06. The molecule has 0 aliphatic carbocycles. The molecule has 0 unspecified atom stereocenters. The lowest BCUT2D eigenvalue weighted by molar-refractivity contribution is -0.384. The van der Waals surface area contributed by atoms with Crippen molar-refractivity contribution in [2.45, 2.75) is 6.92 Å². The maximum atomic E-state index is 13.2. The van der Waals surface area contributed by atoms with Crippen LogP contribution in [0.15, 0.2) is 89.6 Å². The molecule has 0 saturated carbocycles. The van der Waals surface area contributed by atoms with Crippen LogP contribution >= 0.6 is 0 Å². The Bertz CT molecular complexity index is 1130. The van der Waals surface area contributed by atoms with Crippen LogP contribution in [0.2, 0.25) is 0 Å². The molecule has 1 amide bonds. The molecule has 3 aromatic carbocycles. The van der Waals surface area contributed by atoms with E-state index in [0.717, 1.165) is 16.8 Å². The molecular weight excluding hydrogens is 366 g/mol. The Kier molecular flexibility index (Phi) is 4.75. The van der Waals surface area contributed by atoms with Gasteiger partial charge in [-0.05, 0) is 42.8 Å². The van der Waals surface area contributed by atoms with Crippen molar-refractivity contribution in [2.24, 2.45) is 4.99 Å². The van der Waals surface area contributed by atoms with Crippen molar-refractivity contribution in [3.8, 4) is 0 Å². The number of aryl methyl sites for hydroxylation is 1. The van der Waals surface area contributed by atoms with Crippen LogP contribution in [0.4, 0.5) is 11.4 Å². The molecule has 0 spiro atoms. The van der Waals surface area contributed by atoms with Gasteiger partial charge in [-0.25, -0.2) is 4.99 Å². The van der Waals surface area contributed by atoms with E-state index in [1.54, 1.807) is 23.1 Å². The Balaban J connectivity index is 1.77. The Labute approximate surface area is 167 Å². The smallest absolute Gasteiger partial charge is 0.266 e. The monoisotopic (exact) mass is 383 g/mol. The first-order valence-corrected chi connectivity index (χ1v) is 9.04. The van der Waals surface area contributed by atoms with Crippen LogP contribution < -0.4 is 4.90 Å². The summed E-state index contributed by atoms with van der Waals surface area (Å²) < 4.78 is 0. The van der Waals surface area contributed by atoms with Crippen molar-refractivity contribution in [1.82, 2.24) is 0 Å². The number of aliphatic imine (C=N–C) groups is 1. The van der Waals surface area contributed by atoms with Gasteiger partial charge in [0.25, 0.3) is 11.6 Å². The molecule has 0 bridgehead atoms. The first kappa shape index (κ1) is 18.3. The molecular formula is C23H17N3O3. The van der Waals surface area contributed by atoms with E-state index < -0.39 is 4.92 Å². The molecule has 1 heterocycles. The minimum Gasteiger partial charge on any atom is -0.266 e. The molecule has 3 aromatic rings. The second-order valence-electron chi connectivity index (χ2n) is 6.66. The maximum Gasteiger partial charge on any atom is 0.282 e. The Morgan fingerprint density at radius 3 is 2.21 bits per heavy atom. The van der Waals surface area contributed by atoms with Crippen LogP contribution in [-0.4, -0.2) is 16.7 Å². The van der Waals surface area contributed by atoms with Gasteiger partial charge in [-0.1, -0.05) is 48.0 Å². The molecule has 1 aliphatic rings. The summed E-state index contributed by atoms with van der Waals surface area (Å²) in [5.41, 5.74) is 3.60. The average molecular weight is 383 g/mol. The van der Waals surface area contributed by atoms with E-state index in [1.807, 2.05) is 61.5 Å². The van der Waals surface area contributed by atoms with Gasteiger partial charge in [-0.2, -0.15) is 0 Å². The molecule has 0 atom stereocenters. The molecule has 1 aliphatic heterocycles. The van der Waals surface area contributed by atoms with Crippen LogP contribution in [-0.2, 0) is 4.79 Å². The lowest BCUT2D eigenvalue weighted by atomic mass is 10.1. The van der Waals surface area contributed by atoms with E-state index in [-0.39, 0.29) is 17.3 Å². The van der Waals surface area contributed by atoms with Crippen LogP contribution in [0.1, 0.15) is 16.7 Å². The molecule has 0 aromatic heterocycles. The Morgan fingerprint density at radius 1 is 0.931 bits per heavy atom. The third-order valence-electron chi connectivity index (χ3n) is 4.59. The lowest BCUT2D eigenvalue weighted by Crippen LogP contribution is -2.32. The van der Waals surface area contributed by atoms with Crippen LogP contribution in [0.3, 0.4) is 0 Å². The minimum atomic E-state index is -0.456. The third-order valence-corrected chi connectivity index (χ3v) is 4.59. The standard InChI is InChI=1S/C23H17N3O3/c1-16-7-11-19(12-8-16)25-22(18-5-3-2-4-6-18)24-21(23(25)27)15-17-9-13-20(14-10-17)26(28)29/h2-15H,1H3/b21-15+. The van der Waals surface area contributed by atoms with E-state index >= 15 is 0 Å². The zero-order valence-corrected chi connectivity index (χ0v) is 15.6. The van der Waals surface area contributed by atoms with Gasteiger partial charge in [0.15, 0.2) is 0 Å². The highest BCUT2D eigenvalue weighted by atomic mass is 16.6. The number of amidine groups is 1. The Hall–Kier alpha value is -4.06. The summed E-state index contributed by atoms with van der Waals surface area (Å²) in [4.78, 5) is 29.8. The van der Waals surface area contributed by atoms with Crippen molar-refractivity contribution in [2.75, 3.05) is 4.90 Å². The fraction of sp³-hybridized carbons (Fsp3) is 0.0435. The van der Waals surface area contributed by atoms with Gasteiger partial charge in [0, 0.05) is 17.7 Å². The number of benzene rings is 3. The number of rotatable bonds is 4. The fourth-order valence-electron chi connectivity index (χ4n) is 3.08. The normalized spacial score (nSPS) is 14.9. The van der Waals surface area contributed by atoms with Crippen LogP contribution in [0.25, 0.3) is 6.08 Å². The highest BCUT2D eigenvalue weighted by Gasteiger charge is 2.32. The van der Waals surface area contributed by atoms with E-state index in [2.05, 4.69) is 4.99 Å². The predicted molar refractivity (Wildman–Crippen MR) is 113 cm³/mol. The summed E-state index contributed by atoms with van der Waals surface area (Å²) in [7, 11) is 0. The number of carbonyl (C=O) groups excluding carboxylic acids is 1. The first-order valence-electron chi connectivity index (χ1n) is 9.04. The molecule has 6 nitrogen and oxygen atoms in total. The molecule has 0 fully saturated rings. The maximum absolute atomic E-state index is 13.2. The second-order valence-corrected chi connectivity index (χ2v) is 6.66. The van der Waals surface area contributed by atoms with E-state index in [0.29, 0.717) is 11.4 Å². The number of amides is 1. The SMILES string of the molecule is Cc1ccc(N2C(=O)/C(=C\c3ccc([N+](=O)[O-])cc3)N=C2c2ccccc2)cc1. The van der Waals surface area contributed by atoms with Gasteiger partial charge in [-0.15, -0.1) is 0 Å². The predicted octanol–water partition coefficient (Wildman–Crippen LogP) is 4.74. The first-order chi connectivity index (χ1) is 14.0. The second kappa shape index (κ2) is 7.52. The molecule has 29 heavy (non-hydrogen) atoms. The van der Waals surface area contributed by atoms with Gasteiger partial charge < -0.3 is 0 Å². The quantitative estimate of drug-likeness (QED) is 0.371. The third kappa shape index (κ3) is 3.68.